The first-order valence-corrected chi connectivity index (χ1v) is 10.4. The van der Waals surface area contributed by atoms with Crippen LogP contribution in [-0.4, -0.2) is 31.9 Å². The number of sulfonamides is 1. The van der Waals surface area contributed by atoms with Crippen molar-refractivity contribution in [2.45, 2.75) is 52.3 Å². The highest BCUT2D eigenvalue weighted by atomic mass is 32.3. The number of nitrogens with one attached hydrogen (secondary N) is 1. The maximum absolute atomic E-state index is 11.6. The number of nitrogens with two attached hydrogens (primary N) is 1. The predicted octanol–water partition coefficient (Wildman–Crippen LogP) is 2.07. The number of hydrogen-bond donors (Lipinski definition) is 3. The van der Waals surface area contributed by atoms with E-state index in [0.29, 0.717) is 5.25 Å². The zero-order chi connectivity index (χ0) is 15.5. The second-order valence-corrected chi connectivity index (χ2v) is 9.61. The van der Waals surface area contributed by atoms with Crippen LogP contribution in [0.2, 0.25) is 0 Å². The van der Waals surface area contributed by atoms with Crippen LogP contribution in [0.5, 0.6) is 0 Å². The molecule has 2 rings (SSSR count). The highest BCUT2D eigenvalue weighted by Gasteiger charge is 2.30. The summed E-state index contributed by atoms with van der Waals surface area (Å²) < 4.78 is 24.4. The smallest absolute Gasteiger partial charge is 0.247 e. The van der Waals surface area contributed by atoms with Crippen molar-refractivity contribution in [2.24, 2.45) is 5.14 Å². The number of rotatable bonds is 7. The maximum Gasteiger partial charge on any atom is 0.247 e. The van der Waals surface area contributed by atoms with Crippen molar-refractivity contribution in [3.8, 4) is 0 Å². The lowest BCUT2D eigenvalue weighted by atomic mass is 10.0. The van der Waals surface area contributed by atoms with Gasteiger partial charge in [0.2, 0.25) is 10.0 Å². The lowest BCUT2D eigenvalue weighted by Gasteiger charge is -2.29. The molecular weight excluding hydrogens is 328 g/mol. The molecule has 0 aromatic carbocycles. The number of aliphatic hydroxyl groups excluding tert-OH is 1. The molecule has 21 heavy (non-hydrogen) atoms. The molecule has 0 amide bonds. The third-order valence-electron chi connectivity index (χ3n) is 3.46. The van der Waals surface area contributed by atoms with E-state index in [4.69, 9.17) is 10.2 Å². The zero-order valence-corrected chi connectivity index (χ0v) is 14.5. The zero-order valence-electron chi connectivity index (χ0n) is 12.0. The van der Waals surface area contributed by atoms with E-state index in [2.05, 4.69) is 12.2 Å². The van der Waals surface area contributed by atoms with Gasteiger partial charge in [0, 0.05) is 17.9 Å². The van der Waals surface area contributed by atoms with E-state index in [9.17, 15) is 8.42 Å². The lowest BCUT2D eigenvalue weighted by Crippen LogP contribution is -2.28. The molecule has 1 aromatic rings. The van der Waals surface area contributed by atoms with Crippen molar-refractivity contribution >= 4 is 33.1 Å². The van der Waals surface area contributed by atoms with Crippen LogP contribution >= 0.6 is 23.1 Å². The summed E-state index contributed by atoms with van der Waals surface area (Å²) in [5.41, 5.74) is 1.06. The first kappa shape index (κ1) is 17.2. The van der Waals surface area contributed by atoms with E-state index >= 15 is 0 Å². The molecule has 5 nitrogen and oxygen atoms in total. The summed E-state index contributed by atoms with van der Waals surface area (Å²) in [7, 11) is -3.64. The molecule has 0 bridgehead atoms. The fourth-order valence-corrected chi connectivity index (χ4v) is 6.37. The molecule has 1 aliphatic rings. The van der Waals surface area contributed by atoms with E-state index in [-0.39, 0.29) is 16.9 Å². The average molecular weight is 351 g/mol. The monoisotopic (exact) mass is 350 g/mol. The van der Waals surface area contributed by atoms with Gasteiger partial charge in [-0.2, -0.15) is 0 Å². The molecule has 0 spiro atoms. The Morgan fingerprint density at radius 2 is 2.29 bits per heavy atom. The maximum atomic E-state index is 11.6. The van der Waals surface area contributed by atoms with Crippen molar-refractivity contribution in [1.82, 2.24) is 5.32 Å². The van der Waals surface area contributed by atoms with Gasteiger partial charge in [-0.1, -0.05) is 6.92 Å². The van der Waals surface area contributed by atoms with Crippen LogP contribution in [0.3, 0.4) is 0 Å². The Morgan fingerprint density at radius 3 is 2.90 bits per heavy atom. The first-order valence-electron chi connectivity index (χ1n) is 7.13. The summed E-state index contributed by atoms with van der Waals surface area (Å²) in [4.78, 5) is 0. The minimum atomic E-state index is -3.64. The standard InChI is InChI=1S/C13H22N2O3S3/c1-2-5-15-11-7-9(4-3-6-16)19-13-10(11)8-12(20-13)21(14,17)18/h8-9,11,15-16H,2-7H2,1H3,(H2,14,17,18)/t9-,11-/m0/s1. The molecule has 0 saturated heterocycles. The number of fused-ring (bicyclic) bond motifs is 1. The van der Waals surface area contributed by atoms with Crippen LogP contribution in [0.1, 0.15) is 44.2 Å². The molecule has 2 atom stereocenters. The summed E-state index contributed by atoms with van der Waals surface area (Å²) in [5.74, 6) is 0. The van der Waals surface area contributed by atoms with Crippen molar-refractivity contribution in [1.29, 1.82) is 0 Å². The largest absolute Gasteiger partial charge is 0.396 e. The molecular formula is C13H22N2O3S3. The van der Waals surface area contributed by atoms with Crippen molar-refractivity contribution in [2.75, 3.05) is 13.2 Å². The van der Waals surface area contributed by atoms with Gasteiger partial charge in [0.15, 0.2) is 0 Å². The van der Waals surface area contributed by atoms with Crippen molar-refractivity contribution in [3.63, 3.8) is 0 Å². The van der Waals surface area contributed by atoms with Crippen LogP contribution in [0.4, 0.5) is 0 Å². The molecule has 1 aromatic heterocycles. The predicted molar refractivity (Wildman–Crippen MR) is 87.3 cm³/mol. The molecule has 4 N–H and O–H groups in total. The molecule has 2 heterocycles. The number of thiophene rings is 1. The minimum absolute atomic E-state index is 0.177. The van der Waals surface area contributed by atoms with Crippen molar-refractivity contribution < 1.29 is 13.5 Å². The minimum Gasteiger partial charge on any atom is -0.396 e. The van der Waals surface area contributed by atoms with Gasteiger partial charge in [0.05, 0.1) is 4.21 Å². The van der Waals surface area contributed by atoms with E-state index in [0.717, 1.165) is 42.0 Å². The second kappa shape index (κ2) is 7.43. The molecule has 0 unspecified atom stereocenters. The summed E-state index contributed by atoms with van der Waals surface area (Å²) >= 11 is 2.98. The third-order valence-corrected chi connectivity index (χ3v) is 7.57. The third kappa shape index (κ3) is 4.43. The molecule has 0 aliphatic carbocycles. The Bertz CT molecular complexity index is 571. The van der Waals surface area contributed by atoms with Gasteiger partial charge in [-0.3, -0.25) is 0 Å². The van der Waals surface area contributed by atoms with Crippen LogP contribution in [-0.2, 0) is 10.0 Å². The van der Waals surface area contributed by atoms with Gasteiger partial charge in [0.1, 0.15) is 4.21 Å². The number of thioether (sulfide) groups is 1. The second-order valence-electron chi connectivity index (χ2n) is 5.20. The highest BCUT2D eigenvalue weighted by molar-refractivity contribution is 8.02. The number of primary sulfonamides is 1. The molecule has 0 saturated carbocycles. The quantitative estimate of drug-likeness (QED) is 0.700. The summed E-state index contributed by atoms with van der Waals surface area (Å²) in [6.45, 7) is 3.21. The molecule has 120 valence electrons. The van der Waals surface area contributed by atoms with Gasteiger partial charge >= 0.3 is 0 Å². The van der Waals surface area contributed by atoms with E-state index < -0.39 is 10.0 Å². The first-order chi connectivity index (χ1) is 9.95. The lowest BCUT2D eigenvalue weighted by molar-refractivity contribution is 0.282. The number of hydrogen-bond acceptors (Lipinski definition) is 6. The fraction of sp³-hybridized carbons (Fsp3) is 0.692. The van der Waals surface area contributed by atoms with Gasteiger partial charge in [0.25, 0.3) is 0 Å². The van der Waals surface area contributed by atoms with Gasteiger partial charge in [-0.05, 0) is 43.9 Å². The molecule has 0 radical (unpaired) electrons. The van der Waals surface area contributed by atoms with Crippen LogP contribution < -0.4 is 10.5 Å². The molecule has 0 fully saturated rings. The SMILES string of the molecule is CCCN[C@H]1C[C@H](CCCO)Sc2sc(S(N)(=O)=O)cc21. The Labute approximate surface area is 134 Å². The van der Waals surface area contributed by atoms with E-state index in [1.807, 2.05) is 0 Å². The fourth-order valence-electron chi connectivity index (χ4n) is 2.44. The topological polar surface area (TPSA) is 92.4 Å². The molecule has 8 heteroatoms. The summed E-state index contributed by atoms with van der Waals surface area (Å²) in [6.07, 6.45) is 3.71. The summed E-state index contributed by atoms with van der Waals surface area (Å²) in [6, 6.07) is 1.90. The van der Waals surface area contributed by atoms with Gasteiger partial charge in [-0.25, -0.2) is 13.6 Å². The van der Waals surface area contributed by atoms with Gasteiger partial charge in [-0.15, -0.1) is 23.1 Å². The van der Waals surface area contributed by atoms with Crippen LogP contribution in [0, 0.1) is 0 Å². The Kier molecular flexibility index (Phi) is 6.10. The average Bonchev–Trinajstić information content (AvgIpc) is 2.86. The Hall–Kier alpha value is -0.120. The Balaban J connectivity index is 2.24. The van der Waals surface area contributed by atoms with Gasteiger partial charge < -0.3 is 10.4 Å². The summed E-state index contributed by atoms with van der Waals surface area (Å²) in [5, 5.41) is 18.1. The molecule has 1 aliphatic heterocycles. The van der Waals surface area contributed by atoms with Crippen LogP contribution in [0.15, 0.2) is 14.5 Å². The Morgan fingerprint density at radius 1 is 1.52 bits per heavy atom. The van der Waals surface area contributed by atoms with E-state index in [1.54, 1.807) is 17.8 Å². The van der Waals surface area contributed by atoms with Crippen molar-refractivity contribution in [3.05, 3.63) is 11.6 Å². The highest BCUT2D eigenvalue weighted by Crippen LogP contribution is 2.47. The van der Waals surface area contributed by atoms with Crippen LogP contribution in [0.25, 0.3) is 0 Å². The van der Waals surface area contributed by atoms with E-state index in [1.165, 1.54) is 11.3 Å². The number of aliphatic hydroxyl groups is 1. The normalized spacial score (nSPS) is 22.2.